The van der Waals surface area contributed by atoms with Gasteiger partial charge in [0.15, 0.2) is 6.10 Å². The van der Waals surface area contributed by atoms with Crippen LogP contribution in [-0.2, 0) is 18.3 Å². The van der Waals surface area contributed by atoms with Gasteiger partial charge in [0, 0.05) is 19.7 Å². The summed E-state index contributed by atoms with van der Waals surface area (Å²) in [5.41, 5.74) is 1.51. The van der Waals surface area contributed by atoms with Crippen LogP contribution in [0.3, 0.4) is 0 Å². The van der Waals surface area contributed by atoms with E-state index in [2.05, 4.69) is 5.10 Å². The zero-order valence-corrected chi connectivity index (χ0v) is 7.56. The molecular formula is C8H12N2O3. The Morgan fingerprint density at radius 1 is 1.77 bits per heavy atom. The lowest BCUT2D eigenvalue weighted by molar-refractivity contribution is -0.146. The molecule has 1 aromatic rings. The third-order valence-electron chi connectivity index (χ3n) is 1.81. The fourth-order valence-corrected chi connectivity index (χ4v) is 1.14. The lowest BCUT2D eigenvalue weighted by atomic mass is 10.1. The van der Waals surface area contributed by atoms with Crippen molar-refractivity contribution in [3.05, 3.63) is 17.5 Å². The van der Waals surface area contributed by atoms with Crippen LogP contribution in [0.5, 0.6) is 0 Å². The molecule has 0 aliphatic carbocycles. The van der Waals surface area contributed by atoms with Crippen LogP contribution >= 0.6 is 0 Å². The molecule has 0 fully saturated rings. The van der Waals surface area contributed by atoms with Crippen LogP contribution < -0.4 is 0 Å². The van der Waals surface area contributed by atoms with Gasteiger partial charge in [0.1, 0.15) is 0 Å². The van der Waals surface area contributed by atoms with E-state index in [0.29, 0.717) is 0 Å². The van der Waals surface area contributed by atoms with E-state index in [1.807, 2.05) is 0 Å². The fraction of sp³-hybridized carbons (Fsp3) is 0.500. The van der Waals surface area contributed by atoms with Crippen LogP contribution in [0.25, 0.3) is 0 Å². The lowest BCUT2D eigenvalue weighted by Crippen LogP contribution is -2.22. The molecule has 1 heterocycles. The first-order valence-electron chi connectivity index (χ1n) is 3.90. The van der Waals surface area contributed by atoms with Gasteiger partial charge >= 0.3 is 5.97 Å². The average molecular weight is 184 g/mol. The Morgan fingerprint density at radius 3 is 2.77 bits per heavy atom. The van der Waals surface area contributed by atoms with Crippen LogP contribution in [0.4, 0.5) is 0 Å². The van der Waals surface area contributed by atoms with Crippen LogP contribution in [0.1, 0.15) is 11.3 Å². The second-order valence-electron chi connectivity index (χ2n) is 2.97. The average Bonchev–Trinajstić information content (AvgIpc) is 2.30. The van der Waals surface area contributed by atoms with Crippen LogP contribution in [0, 0.1) is 6.92 Å². The molecule has 0 aliphatic heterocycles. The van der Waals surface area contributed by atoms with E-state index in [1.54, 1.807) is 24.9 Å². The minimum Gasteiger partial charge on any atom is -0.479 e. The van der Waals surface area contributed by atoms with E-state index < -0.39 is 12.1 Å². The van der Waals surface area contributed by atoms with Crippen molar-refractivity contribution in [2.75, 3.05) is 0 Å². The number of hydrogen-bond acceptors (Lipinski definition) is 3. The maximum Gasteiger partial charge on any atom is 0.332 e. The predicted molar refractivity (Wildman–Crippen MR) is 45.3 cm³/mol. The first kappa shape index (κ1) is 9.73. The highest BCUT2D eigenvalue weighted by atomic mass is 16.4. The van der Waals surface area contributed by atoms with Gasteiger partial charge < -0.3 is 10.2 Å². The topological polar surface area (TPSA) is 75.3 Å². The van der Waals surface area contributed by atoms with Gasteiger partial charge in [-0.3, -0.25) is 4.68 Å². The number of carboxylic acids is 1. The predicted octanol–water partition coefficient (Wildman–Crippen LogP) is -0.283. The molecule has 0 aromatic carbocycles. The summed E-state index contributed by atoms with van der Waals surface area (Å²) in [6.07, 6.45) is 0.471. The highest BCUT2D eigenvalue weighted by Gasteiger charge is 2.16. The summed E-state index contributed by atoms with van der Waals surface area (Å²) < 4.78 is 1.60. The first-order valence-corrected chi connectivity index (χ1v) is 3.90. The number of nitrogens with zero attached hydrogens (tertiary/aromatic N) is 2. The normalized spacial score (nSPS) is 12.8. The van der Waals surface area contributed by atoms with Gasteiger partial charge in [0.2, 0.25) is 0 Å². The summed E-state index contributed by atoms with van der Waals surface area (Å²) in [4.78, 5) is 10.3. The van der Waals surface area contributed by atoms with E-state index in [9.17, 15) is 4.79 Å². The number of rotatable bonds is 3. The number of aromatic nitrogens is 2. The molecule has 13 heavy (non-hydrogen) atoms. The smallest absolute Gasteiger partial charge is 0.332 e. The van der Waals surface area contributed by atoms with Crippen molar-refractivity contribution in [2.45, 2.75) is 19.4 Å². The van der Waals surface area contributed by atoms with Crippen molar-refractivity contribution >= 4 is 5.97 Å². The van der Waals surface area contributed by atoms with Gasteiger partial charge in [-0.05, 0) is 12.5 Å². The number of aliphatic hydroxyl groups excluding tert-OH is 1. The summed E-state index contributed by atoms with van der Waals surface area (Å²) in [6.45, 7) is 1.78. The highest BCUT2D eigenvalue weighted by Crippen LogP contribution is 2.07. The third kappa shape index (κ3) is 2.29. The molecule has 0 saturated carbocycles. The molecule has 1 aromatic heterocycles. The molecule has 72 valence electrons. The largest absolute Gasteiger partial charge is 0.479 e. The zero-order valence-electron chi connectivity index (χ0n) is 7.56. The van der Waals surface area contributed by atoms with E-state index in [1.165, 1.54) is 0 Å². The molecule has 5 heteroatoms. The number of carboxylic acid groups (broad SMARTS) is 1. The zero-order chi connectivity index (χ0) is 10.0. The summed E-state index contributed by atoms with van der Waals surface area (Å²) in [6, 6.07) is 0. The molecule has 0 bridgehead atoms. The molecule has 0 unspecified atom stereocenters. The van der Waals surface area contributed by atoms with Gasteiger partial charge in [-0.15, -0.1) is 0 Å². The van der Waals surface area contributed by atoms with Gasteiger partial charge in [0.25, 0.3) is 0 Å². The SMILES string of the molecule is Cc1nn(C)cc1C[C@H](O)C(=O)O. The van der Waals surface area contributed by atoms with Crippen molar-refractivity contribution in [3.63, 3.8) is 0 Å². The minimum atomic E-state index is -1.34. The third-order valence-corrected chi connectivity index (χ3v) is 1.81. The molecule has 0 amide bonds. The number of hydrogen-bond donors (Lipinski definition) is 2. The molecule has 1 atom stereocenters. The number of aliphatic hydroxyl groups is 1. The standard InChI is InChI=1S/C8H12N2O3/c1-5-6(4-10(2)9-5)3-7(11)8(12)13/h4,7,11H,3H2,1-2H3,(H,12,13)/t7-/m0/s1. The van der Waals surface area contributed by atoms with E-state index in [0.717, 1.165) is 11.3 Å². The molecular weight excluding hydrogens is 172 g/mol. The monoisotopic (exact) mass is 184 g/mol. The van der Waals surface area contributed by atoms with E-state index in [4.69, 9.17) is 10.2 Å². The maximum absolute atomic E-state index is 10.3. The minimum absolute atomic E-state index is 0.106. The first-order chi connectivity index (χ1) is 6.00. The highest BCUT2D eigenvalue weighted by molar-refractivity contribution is 5.72. The fourth-order valence-electron chi connectivity index (χ4n) is 1.14. The van der Waals surface area contributed by atoms with Crippen molar-refractivity contribution in [2.24, 2.45) is 7.05 Å². The van der Waals surface area contributed by atoms with Crippen LogP contribution in [0.2, 0.25) is 0 Å². The Labute approximate surface area is 75.6 Å². The summed E-state index contributed by atoms with van der Waals surface area (Å²) in [7, 11) is 1.75. The molecule has 0 spiro atoms. The van der Waals surface area contributed by atoms with Crippen molar-refractivity contribution in [1.82, 2.24) is 9.78 Å². The van der Waals surface area contributed by atoms with Gasteiger partial charge in [-0.1, -0.05) is 0 Å². The number of aryl methyl sites for hydroxylation is 2. The van der Waals surface area contributed by atoms with E-state index >= 15 is 0 Å². The molecule has 5 nitrogen and oxygen atoms in total. The second-order valence-corrected chi connectivity index (χ2v) is 2.97. The van der Waals surface area contributed by atoms with Crippen LogP contribution in [0.15, 0.2) is 6.20 Å². The summed E-state index contributed by atoms with van der Waals surface area (Å²) in [5.74, 6) is -1.21. The lowest BCUT2D eigenvalue weighted by Gasteiger charge is -2.02. The van der Waals surface area contributed by atoms with Crippen LogP contribution in [-0.4, -0.2) is 32.1 Å². The van der Waals surface area contributed by atoms with E-state index in [-0.39, 0.29) is 6.42 Å². The molecule has 0 saturated heterocycles. The van der Waals surface area contributed by atoms with Gasteiger partial charge in [-0.25, -0.2) is 4.79 Å². The number of aliphatic carboxylic acids is 1. The Bertz CT molecular complexity index is 319. The van der Waals surface area contributed by atoms with Crippen molar-refractivity contribution in [3.8, 4) is 0 Å². The van der Waals surface area contributed by atoms with Crippen molar-refractivity contribution < 1.29 is 15.0 Å². The molecule has 0 aliphatic rings. The Kier molecular flexibility index (Phi) is 2.67. The Hall–Kier alpha value is -1.36. The van der Waals surface area contributed by atoms with Crippen molar-refractivity contribution in [1.29, 1.82) is 0 Å². The second kappa shape index (κ2) is 3.57. The number of carbonyl (C=O) groups is 1. The molecule has 0 radical (unpaired) electrons. The Morgan fingerprint density at radius 2 is 2.38 bits per heavy atom. The van der Waals surface area contributed by atoms with Gasteiger partial charge in [0.05, 0.1) is 5.69 Å². The summed E-state index contributed by atoms with van der Waals surface area (Å²) in [5, 5.41) is 21.6. The summed E-state index contributed by atoms with van der Waals surface area (Å²) >= 11 is 0. The maximum atomic E-state index is 10.3. The Balaban J connectivity index is 2.74. The quantitative estimate of drug-likeness (QED) is 0.677. The molecule has 1 rings (SSSR count). The molecule has 2 N–H and O–H groups in total. The van der Waals surface area contributed by atoms with Gasteiger partial charge in [-0.2, -0.15) is 5.10 Å².